The largest absolute Gasteiger partial charge is 0.490 e. The number of hydrogen-bond donors (Lipinski definition) is 1. The first-order chi connectivity index (χ1) is 13.3. The summed E-state index contributed by atoms with van der Waals surface area (Å²) in [5.41, 5.74) is 2.55. The summed E-state index contributed by atoms with van der Waals surface area (Å²) in [4.78, 5) is 22.8. The molecule has 2 aliphatic rings. The molecule has 0 bridgehead atoms. The van der Waals surface area contributed by atoms with Crippen molar-refractivity contribution in [2.45, 2.75) is 19.0 Å². The van der Waals surface area contributed by atoms with Gasteiger partial charge < -0.3 is 24.4 Å². The van der Waals surface area contributed by atoms with Gasteiger partial charge in [0.25, 0.3) is 0 Å². The van der Waals surface area contributed by atoms with Gasteiger partial charge in [-0.1, -0.05) is 0 Å². The molecule has 1 N–H and O–H groups in total. The maximum Gasteiger partial charge on any atom is 0.490 e. The highest BCUT2D eigenvalue weighted by molar-refractivity contribution is 5.73. The molecule has 0 aliphatic carbocycles. The topological polar surface area (TPSA) is 88.0 Å². The van der Waals surface area contributed by atoms with Crippen LogP contribution in [-0.2, 0) is 27.1 Å². The quantitative estimate of drug-likeness (QED) is 0.792. The predicted octanol–water partition coefficient (Wildman–Crippen LogP) is 0.993. The Morgan fingerprint density at radius 3 is 2.46 bits per heavy atom. The Kier molecular flexibility index (Phi) is 8.39. The second kappa shape index (κ2) is 10.5. The van der Waals surface area contributed by atoms with E-state index in [0.29, 0.717) is 0 Å². The van der Waals surface area contributed by atoms with E-state index >= 15 is 0 Å². The van der Waals surface area contributed by atoms with Crippen molar-refractivity contribution in [1.29, 1.82) is 0 Å². The van der Waals surface area contributed by atoms with Gasteiger partial charge in [-0.25, -0.2) is 14.8 Å². The van der Waals surface area contributed by atoms with Crippen LogP contribution in [0.1, 0.15) is 11.3 Å². The molecule has 0 aromatic carbocycles. The van der Waals surface area contributed by atoms with Crippen molar-refractivity contribution in [3.8, 4) is 0 Å². The van der Waals surface area contributed by atoms with Crippen LogP contribution in [0, 0.1) is 0 Å². The summed E-state index contributed by atoms with van der Waals surface area (Å²) in [6.07, 6.45) is -1.35. The molecule has 11 heteroatoms. The minimum Gasteiger partial charge on any atom is -0.475 e. The van der Waals surface area contributed by atoms with Gasteiger partial charge in [0.2, 0.25) is 0 Å². The Balaban J connectivity index is 0.000000345. The summed E-state index contributed by atoms with van der Waals surface area (Å²) < 4.78 is 42.4. The van der Waals surface area contributed by atoms with E-state index in [1.165, 1.54) is 11.3 Å². The number of nitrogens with zero attached hydrogens (tertiary/aromatic N) is 4. The van der Waals surface area contributed by atoms with Crippen molar-refractivity contribution in [2.24, 2.45) is 0 Å². The second-order valence-electron chi connectivity index (χ2n) is 6.36. The summed E-state index contributed by atoms with van der Waals surface area (Å²) in [7, 11) is 1.76. The van der Waals surface area contributed by atoms with Crippen LogP contribution < -0.4 is 4.90 Å². The number of ether oxygens (including phenoxy) is 2. The van der Waals surface area contributed by atoms with Gasteiger partial charge in [-0.05, 0) is 6.42 Å². The van der Waals surface area contributed by atoms with Gasteiger partial charge in [-0.15, -0.1) is 0 Å². The molecule has 1 saturated heterocycles. The van der Waals surface area contributed by atoms with Crippen molar-refractivity contribution >= 4 is 11.8 Å². The molecule has 8 nitrogen and oxygen atoms in total. The first-order valence-corrected chi connectivity index (χ1v) is 8.99. The van der Waals surface area contributed by atoms with Crippen molar-refractivity contribution in [2.75, 3.05) is 64.6 Å². The second-order valence-corrected chi connectivity index (χ2v) is 6.36. The maximum absolute atomic E-state index is 10.6. The van der Waals surface area contributed by atoms with Crippen LogP contribution >= 0.6 is 0 Å². The zero-order valence-electron chi connectivity index (χ0n) is 15.7. The lowest BCUT2D eigenvalue weighted by molar-refractivity contribution is -0.192. The van der Waals surface area contributed by atoms with E-state index in [4.69, 9.17) is 19.4 Å². The van der Waals surface area contributed by atoms with E-state index in [2.05, 4.69) is 19.8 Å². The van der Waals surface area contributed by atoms with Gasteiger partial charge in [0.1, 0.15) is 12.1 Å². The molecule has 3 heterocycles. The molecule has 28 heavy (non-hydrogen) atoms. The molecule has 1 fully saturated rings. The molecule has 1 aromatic heterocycles. The Labute approximate surface area is 161 Å². The van der Waals surface area contributed by atoms with Gasteiger partial charge in [-0.2, -0.15) is 13.2 Å². The summed E-state index contributed by atoms with van der Waals surface area (Å²) in [6.45, 7) is 7.32. The fourth-order valence-electron chi connectivity index (χ4n) is 3.05. The average molecular weight is 406 g/mol. The highest BCUT2D eigenvalue weighted by Gasteiger charge is 2.38. The summed E-state index contributed by atoms with van der Waals surface area (Å²) in [6, 6.07) is 0. The third kappa shape index (κ3) is 6.57. The van der Waals surface area contributed by atoms with Gasteiger partial charge in [0.05, 0.1) is 25.5 Å². The molecule has 3 rings (SSSR count). The molecule has 0 unspecified atom stereocenters. The highest BCUT2D eigenvalue weighted by Crippen LogP contribution is 2.24. The molecular weight excluding hydrogens is 381 g/mol. The molecule has 0 atom stereocenters. The Morgan fingerprint density at radius 1 is 1.21 bits per heavy atom. The van der Waals surface area contributed by atoms with Gasteiger partial charge in [-0.3, -0.25) is 0 Å². The van der Waals surface area contributed by atoms with Crippen LogP contribution in [0.4, 0.5) is 19.0 Å². The number of carbonyl (C=O) groups is 1. The number of carboxylic acid groups (broad SMARTS) is 1. The number of fused-ring (bicyclic) bond motifs is 1. The molecule has 0 saturated carbocycles. The SMILES string of the molecule is COCCN1CCc2ncnc(N3CCOCC3)c2CC1.O=C(O)C(F)(F)F. The average Bonchev–Trinajstić information content (AvgIpc) is 2.89. The van der Waals surface area contributed by atoms with E-state index in [9.17, 15) is 13.2 Å². The fraction of sp³-hybridized carbons (Fsp3) is 0.706. The van der Waals surface area contributed by atoms with Crippen LogP contribution in [0.3, 0.4) is 0 Å². The highest BCUT2D eigenvalue weighted by atomic mass is 19.4. The molecule has 0 radical (unpaired) electrons. The van der Waals surface area contributed by atoms with E-state index < -0.39 is 12.1 Å². The lowest BCUT2D eigenvalue weighted by Crippen LogP contribution is -2.37. The number of methoxy groups -OCH3 is 1. The van der Waals surface area contributed by atoms with E-state index in [1.807, 2.05) is 0 Å². The van der Waals surface area contributed by atoms with Crippen LogP contribution in [0.15, 0.2) is 6.33 Å². The monoisotopic (exact) mass is 406 g/mol. The van der Waals surface area contributed by atoms with Crippen LogP contribution in [0.25, 0.3) is 0 Å². The van der Waals surface area contributed by atoms with E-state index in [0.717, 1.165) is 71.2 Å². The molecule has 0 spiro atoms. The van der Waals surface area contributed by atoms with Crippen molar-refractivity contribution < 1.29 is 32.5 Å². The zero-order valence-corrected chi connectivity index (χ0v) is 15.7. The van der Waals surface area contributed by atoms with Crippen molar-refractivity contribution in [3.63, 3.8) is 0 Å². The number of anilines is 1. The Bertz CT molecular complexity index is 639. The number of carboxylic acids is 1. The number of alkyl halides is 3. The number of aliphatic carboxylic acids is 1. The lowest BCUT2D eigenvalue weighted by Gasteiger charge is -2.29. The smallest absolute Gasteiger partial charge is 0.475 e. The van der Waals surface area contributed by atoms with Crippen LogP contribution in [-0.4, -0.2) is 91.8 Å². The fourth-order valence-corrected chi connectivity index (χ4v) is 3.05. The number of rotatable bonds is 4. The normalized spacial score (nSPS) is 17.9. The molecule has 1 aromatic rings. The molecule has 0 amide bonds. The van der Waals surface area contributed by atoms with Gasteiger partial charge in [0.15, 0.2) is 0 Å². The van der Waals surface area contributed by atoms with Gasteiger partial charge >= 0.3 is 12.1 Å². The first-order valence-electron chi connectivity index (χ1n) is 8.99. The summed E-state index contributed by atoms with van der Waals surface area (Å²) >= 11 is 0. The minimum atomic E-state index is -5.08. The third-order valence-electron chi connectivity index (χ3n) is 4.52. The number of hydrogen-bond acceptors (Lipinski definition) is 7. The molecular formula is C17H25F3N4O4. The number of morpholine rings is 1. The predicted molar refractivity (Wildman–Crippen MR) is 94.5 cm³/mol. The minimum absolute atomic E-state index is 0.790. The molecule has 158 valence electrons. The van der Waals surface area contributed by atoms with Crippen molar-refractivity contribution in [1.82, 2.24) is 14.9 Å². The standard InChI is InChI=1S/C15H24N4O2.C2HF3O2/c1-20-9-6-18-4-2-13-14(3-5-18)16-12-17-15(13)19-7-10-21-11-8-19;3-2(4,5)1(6)7/h12H,2-11H2,1H3;(H,6,7). The summed E-state index contributed by atoms with van der Waals surface area (Å²) in [5.74, 6) is -1.63. The van der Waals surface area contributed by atoms with E-state index in [-0.39, 0.29) is 0 Å². The summed E-state index contributed by atoms with van der Waals surface area (Å²) in [5, 5.41) is 7.12. The number of aromatic nitrogens is 2. The maximum atomic E-state index is 10.6. The van der Waals surface area contributed by atoms with Crippen LogP contribution in [0.5, 0.6) is 0 Å². The van der Waals surface area contributed by atoms with Crippen molar-refractivity contribution in [3.05, 3.63) is 17.6 Å². The Morgan fingerprint density at radius 2 is 1.86 bits per heavy atom. The Hall–Kier alpha value is -1.98. The van der Waals surface area contributed by atoms with Crippen LogP contribution in [0.2, 0.25) is 0 Å². The first kappa shape index (κ1) is 22.3. The third-order valence-corrected chi connectivity index (χ3v) is 4.52. The van der Waals surface area contributed by atoms with E-state index in [1.54, 1.807) is 13.4 Å². The zero-order chi connectivity index (χ0) is 20.6. The lowest BCUT2D eigenvalue weighted by atomic mass is 10.1. The van der Waals surface area contributed by atoms with Gasteiger partial charge in [0, 0.05) is 51.8 Å². The number of halogens is 3. The molecule has 2 aliphatic heterocycles.